The minimum atomic E-state index is -4.06. The number of aromatic nitrogens is 2. The number of methoxy groups -OCH3 is 1. The Morgan fingerprint density at radius 2 is 1.49 bits per heavy atom. The van der Waals surface area contributed by atoms with Gasteiger partial charge in [-0.2, -0.15) is 0 Å². The molecule has 0 aliphatic rings. The van der Waals surface area contributed by atoms with Gasteiger partial charge in [-0.3, -0.25) is 4.79 Å². The number of ether oxygens (including phenoxy) is 1. The number of nitrogens with zero attached hydrogens (tertiary/aromatic N) is 2. The molecule has 0 unspecified atom stereocenters. The highest BCUT2D eigenvalue weighted by Gasteiger charge is 2.19. The summed E-state index contributed by atoms with van der Waals surface area (Å²) >= 11 is 0. The predicted octanol–water partition coefficient (Wildman–Crippen LogP) is 4.28. The molecule has 35 heavy (non-hydrogen) atoms. The summed E-state index contributed by atoms with van der Waals surface area (Å²) < 4.78 is 34.0. The minimum absolute atomic E-state index is 0.0143. The van der Waals surface area contributed by atoms with Crippen molar-refractivity contribution in [2.45, 2.75) is 11.8 Å². The lowest BCUT2D eigenvalue weighted by molar-refractivity contribution is -0.114. The number of amides is 1. The molecule has 4 aromatic rings. The summed E-state index contributed by atoms with van der Waals surface area (Å²) in [6.07, 6.45) is 0. The van der Waals surface area contributed by atoms with E-state index in [-0.39, 0.29) is 22.5 Å². The third-order valence-corrected chi connectivity index (χ3v) is 6.34. The second-order valence-electron chi connectivity index (χ2n) is 7.49. The van der Waals surface area contributed by atoms with E-state index in [4.69, 9.17) is 4.74 Å². The molecule has 0 aliphatic carbocycles. The van der Waals surface area contributed by atoms with Crippen molar-refractivity contribution < 1.29 is 23.1 Å². The van der Waals surface area contributed by atoms with Gasteiger partial charge in [-0.15, -0.1) is 0 Å². The fourth-order valence-corrected chi connectivity index (χ4v) is 4.36. The molecular formula is C25H22N4O5S. The van der Waals surface area contributed by atoms with Gasteiger partial charge in [-0.1, -0.05) is 24.3 Å². The van der Waals surface area contributed by atoms with Gasteiger partial charge in [-0.05, 0) is 54.6 Å². The molecule has 0 radical (unpaired) electrons. The number of aromatic hydroxyl groups is 1. The minimum Gasteiger partial charge on any atom is -0.507 e. The van der Waals surface area contributed by atoms with Crippen LogP contribution in [0.15, 0.2) is 83.8 Å². The Morgan fingerprint density at radius 1 is 0.886 bits per heavy atom. The number of para-hydroxylation sites is 2. The average molecular weight is 491 g/mol. The molecule has 1 aromatic heterocycles. The van der Waals surface area contributed by atoms with Crippen LogP contribution in [0, 0.1) is 0 Å². The highest BCUT2D eigenvalue weighted by atomic mass is 32.2. The van der Waals surface area contributed by atoms with Crippen LogP contribution in [0.2, 0.25) is 0 Å². The Balaban J connectivity index is 1.78. The summed E-state index contributed by atoms with van der Waals surface area (Å²) in [5.41, 5.74) is 2.21. The zero-order chi connectivity index (χ0) is 25.0. The van der Waals surface area contributed by atoms with Gasteiger partial charge in [0.05, 0.1) is 23.4 Å². The molecular weight excluding hydrogens is 468 g/mol. The molecule has 10 heteroatoms. The molecule has 0 fully saturated rings. The summed E-state index contributed by atoms with van der Waals surface area (Å²) in [4.78, 5) is 19.9. The van der Waals surface area contributed by atoms with Gasteiger partial charge in [0.15, 0.2) is 0 Å². The van der Waals surface area contributed by atoms with E-state index in [1.165, 1.54) is 44.4 Å². The molecule has 178 valence electrons. The topological polar surface area (TPSA) is 131 Å². The van der Waals surface area contributed by atoms with Crippen LogP contribution in [-0.4, -0.2) is 36.5 Å². The molecule has 3 N–H and O–H groups in total. The summed E-state index contributed by atoms with van der Waals surface area (Å²) in [6, 6.07) is 21.1. The van der Waals surface area contributed by atoms with Gasteiger partial charge >= 0.3 is 0 Å². The Morgan fingerprint density at radius 3 is 2.11 bits per heavy atom. The molecule has 0 atom stereocenters. The fraction of sp³-hybridized carbons (Fsp3) is 0.0800. The zero-order valence-corrected chi connectivity index (χ0v) is 19.7. The number of benzene rings is 3. The third kappa shape index (κ3) is 5.39. The van der Waals surface area contributed by atoms with Crippen LogP contribution in [0.5, 0.6) is 11.5 Å². The van der Waals surface area contributed by atoms with Crippen LogP contribution in [0.25, 0.3) is 22.5 Å². The first kappa shape index (κ1) is 23.7. The number of phenolic OH excluding ortho intramolecular Hbond substituents is 1. The molecule has 3 aromatic carbocycles. The smallest absolute Gasteiger partial charge is 0.264 e. The Bertz CT molecular complexity index is 1490. The quantitative estimate of drug-likeness (QED) is 0.352. The zero-order valence-electron chi connectivity index (χ0n) is 18.9. The molecule has 4 rings (SSSR count). The van der Waals surface area contributed by atoms with Gasteiger partial charge in [0.25, 0.3) is 10.0 Å². The van der Waals surface area contributed by atoms with E-state index in [9.17, 15) is 18.3 Å². The Labute approximate surface area is 202 Å². The highest BCUT2D eigenvalue weighted by molar-refractivity contribution is 7.92. The number of sulfonamides is 1. The number of rotatable bonds is 7. The Kier molecular flexibility index (Phi) is 6.65. The first-order chi connectivity index (χ1) is 16.8. The van der Waals surface area contributed by atoms with Gasteiger partial charge in [0, 0.05) is 23.7 Å². The molecule has 1 amide bonds. The van der Waals surface area contributed by atoms with Crippen LogP contribution < -0.4 is 14.8 Å². The first-order valence-electron chi connectivity index (χ1n) is 10.5. The van der Waals surface area contributed by atoms with Crippen molar-refractivity contribution in [3.8, 4) is 34.0 Å². The van der Waals surface area contributed by atoms with Crippen LogP contribution in [0.3, 0.4) is 0 Å². The van der Waals surface area contributed by atoms with Crippen molar-refractivity contribution in [1.82, 2.24) is 9.97 Å². The highest BCUT2D eigenvalue weighted by Crippen LogP contribution is 2.34. The van der Waals surface area contributed by atoms with Gasteiger partial charge in [0.1, 0.15) is 11.5 Å². The number of nitrogens with one attached hydrogen (secondary N) is 2. The molecule has 0 saturated heterocycles. The van der Waals surface area contributed by atoms with Gasteiger partial charge in [-0.25, -0.2) is 23.1 Å². The largest absolute Gasteiger partial charge is 0.507 e. The van der Waals surface area contributed by atoms with Crippen molar-refractivity contribution in [1.29, 1.82) is 0 Å². The van der Waals surface area contributed by atoms with Crippen molar-refractivity contribution >= 4 is 27.6 Å². The summed E-state index contributed by atoms with van der Waals surface area (Å²) in [5, 5.41) is 12.9. The van der Waals surface area contributed by atoms with Crippen molar-refractivity contribution in [2.75, 3.05) is 17.1 Å². The predicted molar refractivity (Wildman–Crippen MR) is 133 cm³/mol. The van der Waals surface area contributed by atoms with E-state index in [1.54, 1.807) is 42.5 Å². The lowest BCUT2D eigenvalue weighted by Crippen LogP contribution is -2.16. The maximum atomic E-state index is 13.1. The monoisotopic (exact) mass is 490 g/mol. The standard InChI is InChI=1S/C25H22N4O5S/c1-16(30)26-17-11-13-18(14-12-17)35(32,33)29-25-27-21(19-7-3-5-9-23(19)31)15-22(28-25)20-8-4-6-10-24(20)34-2/h3-15,31H,1-2H3,(H,26,30)(H,27,28,29). The van der Waals surface area contributed by atoms with E-state index in [1.807, 2.05) is 6.07 Å². The van der Waals surface area contributed by atoms with Gasteiger partial charge < -0.3 is 15.2 Å². The van der Waals surface area contributed by atoms with Crippen LogP contribution in [0.1, 0.15) is 6.92 Å². The third-order valence-electron chi connectivity index (χ3n) is 5.00. The molecule has 0 spiro atoms. The number of anilines is 2. The summed E-state index contributed by atoms with van der Waals surface area (Å²) in [6.45, 7) is 1.36. The lowest BCUT2D eigenvalue weighted by Gasteiger charge is -2.13. The SMILES string of the molecule is COc1ccccc1-c1cc(-c2ccccc2O)nc(NS(=O)(=O)c2ccc(NC(C)=O)cc2)n1. The van der Waals surface area contributed by atoms with E-state index in [2.05, 4.69) is 20.0 Å². The van der Waals surface area contributed by atoms with Gasteiger partial charge in [0.2, 0.25) is 11.9 Å². The normalized spacial score (nSPS) is 11.0. The lowest BCUT2D eigenvalue weighted by atomic mass is 10.1. The molecule has 0 saturated carbocycles. The van der Waals surface area contributed by atoms with Crippen LogP contribution >= 0.6 is 0 Å². The number of phenols is 1. The second kappa shape index (κ2) is 9.82. The number of carbonyl (C=O) groups is 1. The molecule has 0 aliphatic heterocycles. The van der Waals surface area contributed by atoms with E-state index < -0.39 is 10.0 Å². The van der Waals surface area contributed by atoms with Crippen molar-refractivity contribution in [3.63, 3.8) is 0 Å². The molecule has 1 heterocycles. The average Bonchev–Trinajstić information content (AvgIpc) is 2.84. The van der Waals surface area contributed by atoms with Crippen molar-refractivity contribution in [2.24, 2.45) is 0 Å². The molecule has 0 bridgehead atoms. The maximum Gasteiger partial charge on any atom is 0.264 e. The second-order valence-corrected chi connectivity index (χ2v) is 9.17. The maximum absolute atomic E-state index is 13.1. The molecule has 9 nitrogen and oxygen atoms in total. The van der Waals surface area contributed by atoms with E-state index >= 15 is 0 Å². The van der Waals surface area contributed by atoms with Crippen LogP contribution in [-0.2, 0) is 14.8 Å². The van der Waals surface area contributed by atoms with E-state index in [0.29, 0.717) is 34.0 Å². The van der Waals surface area contributed by atoms with Crippen LogP contribution in [0.4, 0.5) is 11.6 Å². The fourth-order valence-electron chi connectivity index (χ4n) is 3.42. The number of carbonyl (C=O) groups excluding carboxylic acids is 1. The van der Waals surface area contributed by atoms with Crippen molar-refractivity contribution in [3.05, 3.63) is 78.9 Å². The Hall–Kier alpha value is -4.44. The van der Waals surface area contributed by atoms with E-state index in [0.717, 1.165) is 0 Å². The first-order valence-corrected chi connectivity index (χ1v) is 12.0. The summed E-state index contributed by atoms with van der Waals surface area (Å²) in [7, 11) is -2.54. The summed E-state index contributed by atoms with van der Waals surface area (Å²) in [5.74, 6) is 0.0749. The number of hydrogen-bond donors (Lipinski definition) is 3. The number of hydrogen-bond acceptors (Lipinski definition) is 7.